The Kier molecular flexibility index (Phi) is 9.10. The van der Waals surface area contributed by atoms with Crippen molar-refractivity contribution in [3.05, 3.63) is 83.6 Å². The summed E-state index contributed by atoms with van der Waals surface area (Å²) >= 11 is 0. The van der Waals surface area contributed by atoms with Crippen LogP contribution < -0.4 is 5.32 Å². The lowest BCUT2D eigenvalue weighted by atomic mass is 9.86. The van der Waals surface area contributed by atoms with Crippen molar-refractivity contribution < 1.29 is 14.3 Å². The minimum atomic E-state index is 0.0620. The molecular formula is C31H40N4O3. The molecule has 0 atom stereocenters. The second-order valence-electron chi connectivity index (χ2n) is 10.7. The van der Waals surface area contributed by atoms with E-state index in [1.165, 1.54) is 24.8 Å². The maximum Gasteiger partial charge on any atom is 0.251 e. The number of ketones is 1. The molecule has 4 aliphatic rings. The van der Waals surface area contributed by atoms with Gasteiger partial charge in [0.1, 0.15) is 12.0 Å². The predicted octanol–water partition coefficient (Wildman–Crippen LogP) is 4.18. The van der Waals surface area contributed by atoms with Crippen LogP contribution in [0.25, 0.3) is 0 Å². The van der Waals surface area contributed by atoms with Gasteiger partial charge in [-0.25, -0.2) is 0 Å². The topological polar surface area (TPSA) is 65.1 Å². The fourth-order valence-corrected chi connectivity index (χ4v) is 5.84. The van der Waals surface area contributed by atoms with Crippen LogP contribution in [-0.2, 0) is 9.53 Å². The number of piperidine rings is 2. The van der Waals surface area contributed by atoms with Crippen molar-refractivity contribution in [3.63, 3.8) is 0 Å². The summed E-state index contributed by atoms with van der Waals surface area (Å²) in [5, 5.41) is 3.18. The highest BCUT2D eigenvalue weighted by atomic mass is 16.5. The molecule has 202 valence electrons. The van der Waals surface area contributed by atoms with Crippen LogP contribution in [-0.4, -0.2) is 78.7 Å². The number of allylic oxidation sites excluding steroid dienone is 4. The number of ether oxygens (including phenoxy) is 1. The molecule has 5 rings (SSSR count). The number of amides is 1. The van der Waals surface area contributed by atoms with E-state index in [4.69, 9.17) is 4.74 Å². The molecule has 0 radical (unpaired) electrons. The molecular weight excluding hydrogens is 476 g/mol. The Morgan fingerprint density at radius 3 is 2.58 bits per heavy atom. The molecule has 1 aromatic rings. The summed E-state index contributed by atoms with van der Waals surface area (Å²) < 4.78 is 5.67. The summed E-state index contributed by atoms with van der Waals surface area (Å²) in [7, 11) is 0. The summed E-state index contributed by atoms with van der Waals surface area (Å²) in [6.45, 7) is 7.81. The van der Waals surface area contributed by atoms with Crippen molar-refractivity contribution in [2.75, 3.05) is 52.4 Å². The van der Waals surface area contributed by atoms with Gasteiger partial charge in [-0.15, -0.1) is 0 Å². The van der Waals surface area contributed by atoms with E-state index < -0.39 is 0 Å². The molecule has 1 N–H and O–H groups in total. The number of benzene rings is 1. The van der Waals surface area contributed by atoms with Gasteiger partial charge in [0.2, 0.25) is 0 Å². The third kappa shape index (κ3) is 7.03. The number of hydrogen-bond acceptors (Lipinski definition) is 6. The Bertz CT molecular complexity index is 1110. The van der Waals surface area contributed by atoms with Gasteiger partial charge in [-0.3, -0.25) is 9.59 Å². The molecule has 0 aromatic heterocycles. The number of nitrogens with zero attached hydrogens (tertiary/aromatic N) is 3. The predicted molar refractivity (Wildman–Crippen MR) is 149 cm³/mol. The van der Waals surface area contributed by atoms with E-state index in [0.717, 1.165) is 75.6 Å². The summed E-state index contributed by atoms with van der Waals surface area (Å²) in [6, 6.07) is 8.17. The van der Waals surface area contributed by atoms with Crippen LogP contribution in [0.4, 0.5) is 0 Å². The fraction of sp³-hybridized carbons (Fsp3) is 0.484. The first kappa shape index (κ1) is 26.4. The number of nitrogens with one attached hydrogen (secondary N) is 1. The third-order valence-electron chi connectivity index (χ3n) is 8.06. The van der Waals surface area contributed by atoms with Crippen LogP contribution in [0.5, 0.6) is 0 Å². The summed E-state index contributed by atoms with van der Waals surface area (Å²) in [4.78, 5) is 31.9. The van der Waals surface area contributed by atoms with Gasteiger partial charge in [-0.05, 0) is 75.5 Å². The Morgan fingerprint density at radius 1 is 0.974 bits per heavy atom. The third-order valence-corrected chi connectivity index (χ3v) is 8.06. The Labute approximate surface area is 226 Å². The van der Waals surface area contributed by atoms with Crippen LogP contribution in [0.3, 0.4) is 0 Å². The van der Waals surface area contributed by atoms with Gasteiger partial charge in [-0.1, -0.05) is 36.8 Å². The SMILES string of the molecule is O=C1C=CC=C(C2=CN(CCN3CCC(c4ccccc4C(=O)NCCN4CCCCC4)CC3)C=CO2)C1. The van der Waals surface area contributed by atoms with Crippen molar-refractivity contribution in [2.24, 2.45) is 0 Å². The molecule has 0 bridgehead atoms. The van der Waals surface area contributed by atoms with Gasteiger partial charge in [0.15, 0.2) is 5.78 Å². The lowest BCUT2D eigenvalue weighted by Gasteiger charge is -2.34. The molecule has 7 nitrogen and oxygen atoms in total. The van der Waals surface area contributed by atoms with Gasteiger partial charge in [0.05, 0.1) is 0 Å². The molecule has 0 saturated carbocycles. The molecule has 0 spiro atoms. The first-order chi connectivity index (χ1) is 18.7. The molecule has 2 fully saturated rings. The quantitative estimate of drug-likeness (QED) is 0.531. The number of hydrogen-bond donors (Lipinski definition) is 1. The molecule has 1 aromatic carbocycles. The highest BCUT2D eigenvalue weighted by Crippen LogP contribution is 2.30. The van der Waals surface area contributed by atoms with Crippen LogP contribution in [0.2, 0.25) is 0 Å². The highest BCUT2D eigenvalue weighted by Gasteiger charge is 2.25. The van der Waals surface area contributed by atoms with Crippen LogP contribution in [0.1, 0.15) is 60.4 Å². The number of carbonyl (C=O) groups excluding carboxylic acids is 2. The molecule has 3 heterocycles. The maximum absolute atomic E-state index is 13.1. The molecule has 0 unspecified atom stereocenters. The minimum absolute atomic E-state index is 0.0620. The van der Waals surface area contributed by atoms with Crippen LogP contribution in [0, 0.1) is 0 Å². The van der Waals surface area contributed by atoms with E-state index in [0.29, 0.717) is 18.9 Å². The Hall–Kier alpha value is -3.16. The van der Waals surface area contributed by atoms with Gasteiger partial charge in [0.25, 0.3) is 5.91 Å². The lowest BCUT2D eigenvalue weighted by molar-refractivity contribution is -0.114. The molecule has 3 aliphatic heterocycles. The summed E-state index contributed by atoms with van der Waals surface area (Å²) in [5.74, 6) is 1.32. The molecule has 2 saturated heterocycles. The second-order valence-corrected chi connectivity index (χ2v) is 10.7. The zero-order chi connectivity index (χ0) is 26.2. The monoisotopic (exact) mass is 516 g/mol. The largest absolute Gasteiger partial charge is 0.462 e. The highest BCUT2D eigenvalue weighted by molar-refractivity contribution is 5.96. The van der Waals surface area contributed by atoms with E-state index in [9.17, 15) is 9.59 Å². The average Bonchev–Trinajstić information content (AvgIpc) is 2.97. The van der Waals surface area contributed by atoms with Gasteiger partial charge < -0.3 is 24.8 Å². The van der Waals surface area contributed by atoms with Gasteiger partial charge in [-0.2, -0.15) is 0 Å². The number of likely N-dealkylation sites (tertiary alicyclic amines) is 2. The molecule has 1 aliphatic carbocycles. The van der Waals surface area contributed by atoms with Crippen LogP contribution >= 0.6 is 0 Å². The van der Waals surface area contributed by atoms with Crippen molar-refractivity contribution in [1.82, 2.24) is 20.0 Å². The molecule has 38 heavy (non-hydrogen) atoms. The van der Waals surface area contributed by atoms with E-state index >= 15 is 0 Å². The summed E-state index contributed by atoms with van der Waals surface area (Å²) in [6.07, 6.45) is 17.3. The first-order valence-corrected chi connectivity index (χ1v) is 14.2. The standard InChI is InChI=1S/C31H40N4O3/c36-27-8-6-7-26(23-27)30-24-35(21-22-38-30)20-19-34-16-11-25(12-17-34)28-9-2-3-10-29(28)31(37)32-13-18-33-14-4-1-5-15-33/h2-3,6-10,21-22,24-25H,1,4-5,11-20,23H2,(H,32,37). The fourth-order valence-electron chi connectivity index (χ4n) is 5.84. The second kappa shape index (κ2) is 13.1. The maximum atomic E-state index is 13.1. The van der Waals surface area contributed by atoms with Crippen molar-refractivity contribution in [1.29, 1.82) is 0 Å². The van der Waals surface area contributed by atoms with Crippen molar-refractivity contribution in [2.45, 2.75) is 44.4 Å². The van der Waals surface area contributed by atoms with E-state index in [1.54, 1.807) is 18.4 Å². The lowest BCUT2D eigenvalue weighted by Crippen LogP contribution is -2.39. The van der Waals surface area contributed by atoms with Gasteiger partial charge >= 0.3 is 0 Å². The smallest absolute Gasteiger partial charge is 0.251 e. The summed E-state index contributed by atoms with van der Waals surface area (Å²) in [5.41, 5.74) is 2.95. The Morgan fingerprint density at radius 2 is 1.76 bits per heavy atom. The van der Waals surface area contributed by atoms with Crippen molar-refractivity contribution in [3.8, 4) is 0 Å². The van der Waals surface area contributed by atoms with Crippen molar-refractivity contribution >= 4 is 11.7 Å². The molecule has 7 heteroatoms. The van der Waals surface area contributed by atoms with E-state index in [1.807, 2.05) is 30.6 Å². The first-order valence-electron chi connectivity index (χ1n) is 14.2. The number of rotatable bonds is 9. The van der Waals surface area contributed by atoms with Crippen LogP contribution in [0.15, 0.2) is 72.5 Å². The normalized spacial score (nSPS) is 21.2. The molecule has 1 amide bonds. The average molecular weight is 517 g/mol. The van der Waals surface area contributed by atoms with E-state index in [-0.39, 0.29) is 11.7 Å². The number of carbonyl (C=O) groups is 2. The van der Waals surface area contributed by atoms with Gasteiger partial charge in [0, 0.05) is 56.1 Å². The zero-order valence-electron chi connectivity index (χ0n) is 22.3. The zero-order valence-corrected chi connectivity index (χ0v) is 22.3. The van der Waals surface area contributed by atoms with E-state index in [2.05, 4.69) is 32.1 Å². The Balaban J connectivity index is 1.09. The minimum Gasteiger partial charge on any atom is -0.462 e.